The fourth-order valence-electron chi connectivity index (χ4n) is 8.87. The van der Waals surface area contributed by atoms with Crippen LogP contribution in [0.2, 0.25) is 0 Å². The minimum atomic E-state index is -1.06. The zero-order chi connectivity index (χ0) is 40.7. The van der Waals surface area contributed by atoms with E-state index < -0.39 is 12.1 Å². The van der Waals surface area contributed by atoms with Gasteiger partial charge in [0.25, 0.3) is 11.8 Å². The SMILES string of the molecule is COc1ccccc1C1c2cc(C(=O)N3Cc4ccccc4C[C@H]3CN3CCOCC3)c(-c3cc(C(=O)N(C)c4ccc(O)cc4)c(C)n3C)cc2CCN1C(=O)O. The van der Waals surface area contributed by atoms with Crippen molar-refractivity contribution in [3.05, 3.63) is 136 Å². The molecule has 3 amide bonds. The summed E-state index contributed by atoms with van der Waals surface area (Å²) in [6.07, 6.45) is 0.0714. The van der Waals surface area contributed by atoms with Crippen LogP contribution in [-0.4, -0.2) is 107 Å². The number of hydrogen-bond donors (Lipinski definition) is 2. The van der Waals surface area contributed by atoms with Crippen molar-refractivity contribution in [2.24, 2.45) is 7.05 Å². The number of aromatic nitrogens is 1. The summed E-state index contributed by atoms with van der Waals surface area (Å²) in [6.45, 7) is 6.11. The highest BCUT2D eigenvalue weighted by Gasteiger charge is 2.38. The molecule has 58 heavy (non-hydrogen) atoms. The third kappa shape index (κ3) is 7.18. The molecule has 0 saturated carbocycles. The maximum atomic E-state index is 15.6. The summed E-state index contributed by atoms with van der Waals surface area (Å²) in [4.78, 5) is 50.0. The number of carbonyl (C=O) groups is 3. The number of amides is 3. The molecule has 0 radical (unpaired) electrons. The largest absolute Gasteiger partial charge is 0.508 e. The Labute approximate surface area is 338 Å². The van der Waals surface area contributed by atoms with Gasteiger partial charge in [0.2, 0.25) is 0 Å². The van der Waals surface area contributed by atoms with Gasteiger partial charge in [-0.05, 0) is 90.6 Å². The second-order valence-corrected chi connectivity index (χ2v) is 15.4. The first-order valence-electron chi connectivity index (χ1n) is 19.7. The molecule has 0 aliphatic carbocycles. The van der Waals surface area contributed by atoms with Crippen LogP contribution < -0.4 is 9.64 Å². The molecule has 1 saturated heterocycles. The molecule has 8 rings (SSSR count). The normalized spacial score (nSPS) is 18.0. The summed E-state index contributed by atoms with van der Waals surface area (Å²) in [7, 11) is 5.17. The predicted molar refractivity (Wildman–Crippen MR) is 221 cm³/mol. The van der Waals surface area contributed by atoms with Gasteiger partial charge in [-0.25, -0.2) is 4.79 Å². The van der Waals surface area contributed by atoms with Crippen LogP contribution in [0, 0.1) is 6.92 Å². The number of carboxylic acid groups (broad SMARTS) is 1. The highest BCUT2D eigenvalue weighted by Crippen LogP contribution is 2.43. The number of para-hydroxylation sites is 1. The number of carbonyl (C=O) groups excluding carboxylic acids is 2. The number of methoxy groups -OCH3 is 1. The molecule has 4 heterocycles. The highest BCUT2D eigenvalue weighted by atomic mass is 16.5. The molecule has 12 heteroatoms. The van der Waals surface area contributed by atoms with Crippen molar-refractivity contribution in [1.82, 2.24) is 19.3 Å². The minimum absolute atomic E-state index is 0.108. The topological polar surface area (TPSA) is 128 Å². The van der Waals surface area contributed by atoms with Crippen molar-refractivity contribution >= 4 is 23.6 Å². The number of anilines is 1. The Bertz CT molecular complexity index is 2370. The maximum Gasteiger partial charge on any atom is 0.408 e. The molecule has 12 nitrogen and oxygen atoms in total. The van der Waals surface area contributed by atoms with E-state index in [0.29, 0.717) is 78.5 Å². The molecule has 1 aromatic heterocycles. The predicted octanol–water partition coefficient (Wildman–Crippen LogP) is 6.52. The number of rotatable bonds is 8. The Hall–Kier alpha value is -6.11. The van der Waals surface area contributed by atoms with E-state index >= 15 is 4.79 Å². The summed E-state index contributed by atoms with van der Waals surface area (Å²) < 4.78 is 13.4. The average Bonchev–Trinajstić information content (AvgIpc) is 3.54. The Morgan fingerprint density at radius 1 is 0.845 bits per heavy atom. The third-order valence-corrected chi connectivity index (χ3v) is 12.2. The monoisotopic (exact) mass is 783 g/mol. The number of hydrogen-bond acceptors (Lipinski definition) is 7. The molecular formula is C46H49N5O7. The highest BCUT2D eigenvalue weighted by molar-refractivity contribution is 6.08. The summed E-state index contributed by atoms with van der Waals surface area (Å²) in [5, 5.41) is 20.4. The van der Waals surface area contributed by atoms with Crippen molar-refractivity contribution < 1.29 is 34.1 Å². The standard InChI is InChI=1S/C46H49N5O7/c1-29-37(44(53)48(3)33-13-15-35(52)16-14-33)26-41(47(29)2)39-24-31-17-18-50(46(55)56)43(36-11-7-8-12-42(36)57-4)38(31)25-40(39)45(54)51-27-32-10-6-5-9-30(32)23-34(51)28-49-19-21-58-22-20-49/h5-16,24-26,34,43,52H,17-23,27-28H2,1-4H3,(H,55,56)/t34-,43?/m0/s1. The molecule has 3 aliphatic rings. The summed E-state index contributed by atoms with van der Waals surface area (Å²) in [5.41, 5.74) is 8.28. The van der Waals surface area contributed by atoms with E-state index in [9.17, 15) is 19.8 Å². The quantitative estimate of drug-likeness (QED) is 0.182. The molecule has 5 aromatic rings. The number of nitrogens with zero attached hydrogens (tertiary/aromatic N) is 5. The van der Waals surface area contributed by atoms with E-state index in [1.807, 2.05) is 78.0 Å². The lowest BCUT2D eigenvalue weighted by atomic mass is 9.84. The maximum absolute atomic E-state index is 15.6. The molecule has 4 aromatic carbocycles. The van der Waals surface area contributed by atoms with Gasteiger partial charge in [0, 0.05) is 86.6 Å². The van der Waals surface area contributed by atoms with Crippen molar-refractivity contribution in [3.8, 4) is 22.8 Å². The van der Waals surface area contributed by atoms with E-state index in [0.717, 1.165) is 35.5 Å². The van der Waals surface area contributed by atoms with Gasteiger partial charge in [-0.2, -0.15) is 0 Å². The number of phenols is 1. The number of ether oxygens (including phenoxy) is 2. The van der Waals surface area contributed by atoms with Crippen LogP contribution >= 0.6 is 0 Å². The van der Waals surface area contributed by atoms with Gasteiger partial charge in [0.1, 0.15) is 11.5 Å². The van der Waals surface area contributed by atoms with Crippen LogP contribution in [0.1, 0.15) is 60.3 Å². The molecular weight excluding hydrogens is 735 g/mol. The number of morpholine rings is 1. The van der Waals surface area contributed by atoms with Crippen LogP contribution in [-0.2, 0) is 31.2 Å². The Morgan fingerprint density at radius 2 is 1.55 bits per heavy atom. The van der Waals surface area contributed by atoms with Gasteiger partial charge in [0.15, 0.2) is 0 Å². The second kappa shape index (κ2) is 16.0. The molecule has 1 fully saturated rings. The fourth-order valence-corrected chi connectivity index (χ4v) is 8.87. The van der Waals surface area contributed by atoms with Gasteiger partial charge < -0.3 is 34.1 Å². The Kier molecular flexibility index (Phi) is 10.7. The zero-order valence-electron chi connectivity index (χ0n) is 33.4. The Balaban J connectivity index is 1.29. The van der Waals surface area contributed by atoms with Crippen LogP contribution in [0.4, 0.5) is 10.5 Å². The Morgan fingerprint density at radius 3 is 2.28 bits per heavy atom. The van der Waals surface area contributed by atoms with Gasteiger partial charge in [-0.3, -0.25) is 19.4 Å². The molecule has 2 N–H and O–H groups in total. The fraction of sp³-hybridized carbons (Fsp3) is 0.326. The average molecular weight is 784 g/mol. The molecule has 2 atom stereocenters. The van der Waals surface area contributed by atoms with Crippen molar-refractivity contribution in [3.63, 3.8) is 0 Å². The molecule has 300 valence electrons. The first-order valence-corrected chi connectivity index (χ1v) is 19.7. The van der Waals surface area contributed by atoms with Crippen LogP contribution in [0.5, 0.6) is 11.5 Å². The van der Waals surface area contributed by atoms with Crippen LogP contribution in [0.15, 0.2) is 91.0 Å². The van der Waals surface area contributed by atoms with Gasteiger partial charge in [-0.1, -0.05) is 42.5 Å². The first kappa shape index (κ1) is 38.7. The first-order chi connectivity index (χ1) is 28.0. The molecule has 3 aliphatic heterocycles. The van der Waals surface area contributed by atoms with Crippen LogP contribution in [0.3, 0.4) is 0 Å². The number of fused-ring (bicyclic) bond motifs is 2. The van der Waals surface area contributed by atoms with Gasteiger partial charge in [-0.15, -0.1) is 0 Å². The van der Waals surface area contributed by atoms with Crippen molar-refractivity contribution in [1.29, 1.82) is 0 Å². The van der Waals surface area contributed by atoms with Crippen LogP contribution in [0.25, 0.3) is 11.3 Å². The number of benzene rings is 4. The summed E-state index contributed by atoms with van der Waals surface area (Å²) in [6, 6.07) is 27.1. The van der Waals surface area contributed by atoms with E-state index in [4.69, 9.17) is 9.47 Å². The third-order valence-electron chi connectivity index (χ3n) is 12.2. The molecule has 1 unspecified atom stereocenters. The second-order valence-electron chi connectivity index (χ2n) is 15.4. The summed E-state index contributed by atoms with van der Waals surface area (Å²) in [5.74, 6) is 0.268. The zero-order valence-corrected chi connectivity index (χ0v) is 33.4. The van der Waals surface area contributed by atoms with Gasteiger partial charge in [0.05, 0.1) is 31.9 Å². The van der Waals surface area contributed by atoms with E-state index in [2.05, 4.69) is 17.0 Å². The smallest absolute Gasteiger partial charge is 0.408 e. The van der Waals surface area contributed by atoms with E-state index in [-0.39, 0.29) is 30.2 Å². The number of phenolic OH excluding ortho intramolecular Hbond substituents is 1. The van der Waals surface area contributed by atoms with Crippen molar-refractivity contribution in [2.75, 3.05) is 58.5 Å². The lowest BCUT2D eigenvalue weighted by Gasteiger charge is -2.41. The lowest BCUT2D eigenvalue weighted by Crippen LogP contribution is -2.52. The van der Waals surface area contributed by atoms with Crippen molar-refractivity contribution in [2.45, 2.75) is 38.4 Å². The summed E-state index contributed by atoms with van der Waals surface area (Å²) >= 11 is 0. The molecule has 0 spiro atoms. The van der Waals surface area contributed by atoms with Gasteiger partial charge >= 0.3 is 6.09 Å². The molecule has 0 bridgehead atoms. The number of aromatic hydroxyl groups is 1. The van der Waals surface area contributed by atoms with E-state index in [1.54, 1.807) is 43.3 Å². The lowest BCUT2D eigenvalue weighted by molar-refractivity contribution is 0.0193. The minimum Gasteiger partial charge on any atom is -0.508 e. The van der Waals surface area contributed by atoms with E-state index in [1.165, 1.54) is 10.5 Å².